The van der Waals surface area contributed by atoms with Gasteiger partial charge in [0.2, 0.25) is 5.88 Å². The first-order chi connectivity index (χ1) is 40.2. The molecule has 0 atom stereocenters. The monoisotopic (exact) mass is 1050 g/mol. The molecule has 2 aliphatic rings. The maximum atomic E-state index is 7.38. The number of aromatic nitrogens is 2. The molecule has 4 nitrogen and oxygen atoms in total. The fourth-order valence-electron chi connectivity index (χ4n) is 13.9. The predicted octanol–water partition coefficient (Wildman–Crippen LogP) is 14.2. The van der Waals surface area contributed by atoms with Gasteiger partial charge in [0, 0.05) is 22.3 Å². The summed E-state index contributed by atoms with van der Waals surface area (Å²) in [5.41, 5.74) is 9.95. The summed E-state index contributed by atoms with van der Waals surface area (Å²) in [5.74, 6) is 3.64. The van der Waals surface area contributed by atoms with E-state index in [9.17, 15) is 0 Å². The Morgan fingerprint density at radius 1 is 0.321 bits per heavy atom. The van der Waals surface area contributed by atoms with Crippen molar-refractivity contribution in [1.29, 1.82) is 0 Å². The third-order valence-electron chi connectivity index (χ3n) is 17.4. The fraction of sp³-hybridized carbons (Fsp3) is 0. The van der Waals surface area contributed by atoms with Crippen LogP contribution in [-0.2, 0) is 0 Å². The predicted molar refractivity (Wildman–Crippen MR) is 341 cm³/mol. The van der Waals surface area contributed by atoms with Gasteiger partial charge in [-0.1, -0.05) is 231 Å². The van der Waals surface area contributed by atoms with Crippen LogP contribution < -0.4 is 46.6 Å². The van der Waals surface area contributed by atoms with Gasteiger partial charge in [-0.05, 0) is 146 Å². The Hall–Kier alpha value is -10.3. The summed E-state index contributed by atoms with van der Waals surface area (Å²) in [6.45, 7) is -0.171. The molecule has 2 aromatic heterocycles. The quantitative estimate of drug-likeness (QED) is 0.0907. The maximum Gasteiger partial charge on any atom is 0.262 e. The van der Waals surface area contributed by atoms with Crippen molar-refractivity contribution in [2.75, 3.05) is 0 Å². The highest BCUT2D eigenvalue weighted by Gasteiger charge is 2.45. The Bertz CT molecular complexity index is 4700. The van der Waals surface area contributed by atoms with Crippen LogP contribution in [-0.4, -0.2) is 24.3 Å². The average Bonchev–Trinajstić information content (AvgIpc) is 4.12. The molecule has 0 radical (unpaired) electrons. The van der Waals surface area contributed by atoms with Crippen LogP contribution in [0.2, 0.25) is 0 Å². The highest BCUT2D eigenvalue weighted by atomic mass is 28.3. The lowest BCUT2D eigenvalue weighted by Crippen LogP contribution is -2.75. The smallest absolute Gasteiger partial charge is 0.262 e. The molecule has 0 amide bonds. The molecule has 13 aromatic carbocycles. The van der Waals surface area contributed by atoms with Crippen LogP contribution in [0.15, 0.2) is 285 Å². The molecule has 0 saturated heterocycles. The molecule has 0 fully saturated rings. The lowest BCUT2D eigenvalue weighted by Gasteiger charge is -2.36. The highest BCUT2D eigenvalue weighted by molar-refractivity contribution is 7.20. The van der Waals surface area contributed by atoms with E-state index in [-0.39, 0.29) is 6.71 Å². The molecular weight excluding hydrogens is 1000 g/mol. The summed E-state index contributed by atoms with van der Waals surface area (Å²) in [7, 11) is -2.92. The molecule has 0 spiro atoms. The van der Waals surface area contributed by atoms with Gasteiger partial charge in [0.05, 0.1) is 11.0 Å². The molecule has 0 unspecified atom stereocenters. The standard InChI is InChI=1S/C75H47BN2O2Si/c1-4-24-54(25-5-1)81(55-26-6-2-7-27-55,56-28-8-3-9-29-56)57-38-39-65-69(46-57)80-75-74-70(79-68-35-19-18-34-64(68)76(65)74)47-71(77-75)78-66-40-36-52(72-58-30-14-10-20-48(58)42-49-21-11-15-31-59(49)72)44-62(66)63-45-53(37-41-67(63)78)73-60-32-16-12-22-50(60)43-51-23-13-17-33-61(51)73/h1-47H. The molecule has 15 aromatic rings. The van der Waals surface area contributed by atoms with Crippen LogP contribution in [0.3, 0.4) is 0 Å². The number of rotatable bonds is 7. The molecular formula is C75H47BN2O2Si. The van der Waals surface area contributed by atoms with Crippen LogP contribution in [0, 0.1) is 0 Å². The average molecular weight is 1050 g/mol. The van der Waals surface area contributed by atoms with Crippen LogP contribution in [0.1, 0.15) is 0 Å². The van der Waals surface area contributed by atoms with Crippen molar-refractivity contribution in [2.24, 2.45) is 0 Å². The van der Waals surface area contributed by atoms with Crippen molar-refractivity contribution in [3.8, 4) is 51.2 Å². The number of hydrogen-bond acceptors (Lipinski definition) is 3. The number of benzene rings is 13. The summed E-state index contributed by atoms with van der Waals surface area (Å²) >= 11 is 0. The molecule has 0 bridgehead atoms. The van der Waals surface area contributed by atoms with Crippen molar-refractivity contribution < 1.29 is 9.47 Å². The van der Waals surface area contributed by atoms with Crippen molar-refractivity contribution in [3.05, 3.63) is 285 Å². The molecule has 0 N–H and O–H groups in total. The van der Waals surface area contributed by atoms with Crippen molar-refractivity contribution >= 4 is 117 Å². The molecule has 0 aliphatic carbocycles. The SMILES string of the molecule is c1ccc([Si](c2ccccc2)(c2ccccc2)c2ccc3c(c2)Oc2nc(-n4c5ccc(-c6c7ccccc7cc7ccccc67)cc5c5cc(-c6c7ccccc7cc7ccccc67)ccc54)cc4c2B3c2ccccc2O4)cc1. The highest BCUT2D eigenvalue weighted by Crippen LogP contribution is 2.44. The maximum absolute atomic E-state index is 7.38. The minimum atomic E-state index is -2.92. The Morgan fingerprint density at radius 2 is 0.765 bits per heavy atom. The van der Waals surface area contributed by atoms with Gasteiger partial charge in [0.1, 0.15) is 23.1 Å². The van der Waals surface area contributed by atoms with E-state index in [1.54, 1.807) is 0 Å². The Kier molecular flexibility index (Phi) is 10.1. The Morgan fingerprint density at radius 3 is 1.27 bits per heavy atom. The van der Waals surface area contributed by atoms with Gasteiger partial charge in [0.25, 0.3) is 6.71 Å². The number of hydrogen-bond donors (Lipinski definition) is 0. The van der Waals surface area contributed by atoms with Gasteiger partial charge < -0.3 is 9.47 Å². The van der Waals surface area contributed by atoms with Gasteiger partial charge in [-0.3, -0.25) is 4.57 Å². The summed E-state index contributed by atoms with van der Waals surface area (Å²) in [6, 6.07) is 105. The minimum Gasteiger partial charge on any atom is -0.458 e. The van der Waals surface area contributed by atoms with Crippen LogP contribution in [0.4, 0.5) is 0 Å². The zero-order chi connectivity index (χ0) is 53.2. The van der Waals surface area contributed by atoms with Gasteiger partial charge in [0.15, 0.2) is 8.07 Å². The molecule has 4 heterocycles. The number of nitrogens with zero attached hydrogens (tertiary/aromatic N) is 2. The molecule has 17 rings (SSSR count). The van der Waals surface area contributed by atoms with Crippen molar-refractivity contribution in [2.45, 2.75) is 0 Å². The third kappa shape index (κ3) is 6.87. The molecule has 0 saturated carbocycles. The van der Waals surface area contributed by atoms with Crippen LogP contribution in [0.5, 0.6) is 23.1 Å². The van der Waals surface area contributed by atoms with Crippen LogP contribution in [0.25, 0.3) is 93.0 Å². The number of para-hydroxylation sites is 1. The molecule has 376 valence electrons. The first-order valence-electron chi connectivity index (χ1n) is 27.9. The summed E-state index contributed by atoms with van der Waals surface area (Å²) in [5, 5.41) is 17.2. The Balaban J connectivity index is 0.914. The zero-order valence-corrected chi connectivity index (χ0v) is 44.9. The van der Waals surface area contributed by atoms with Gasteiger partial charge in [-0.25, -0.2) is 0 Å². The normalized spacial score (nSPS) is 12.6. The molecule has 6 heteroatoms. The Labute approximate surface area is 469 Å². The van der Waals surface area contributed by atoms with E-state index >= 15 is 0 Å². The first-order valence-corrected chi connectivity index (χ1v) is 29.9. The summed E-state index contributed by atoms with van der Waals surface area (Å²) < 4.78 is 16.7. The van der Waals surface area contributed by atoms with E-state index in [1.165, 1.54) is 75.0 Å². The van der Waals surface area contributed by atoms with E-state index in [0.29, 0.717) is 5.88 Å². The van der Waals surface area contributed by atoms with Gasteiger partial charge >= 0.3 is 0 Å². The lowest BCUT2D eigenvalue weighted by molar-refractivity contribution is 0.450. The lowest BCUT2D eigenvalue weighted by atomic mass is 9.35. The molecule has 2 aliphatic heterocycles. The zero-order valence-electron chi connectivity index (χ0n) is 43.9. The van der Waals surface area contributed by atoms with E-state index < -0.39 is 8.07 Å². The van der Waals surface area contributed by atoms with E-state index in [1.807, 2.05) is 0 Å². The molecule has 81 heavy (non-hydrogen) atoms. The topological polar surface area (TPSA) is 36.3 Å². The van der Waals surface area contributed by atoms with Gasteiger partial charge in [-0.2, -0.15) is 4.98 Å². The largest absolute Gasteiger partial charge is 0.458 e. The van der Waals surface area contributed by atoms with Crippen molar-refractivity contribution in [3.63, 3.8) is 0 Å². The number of fused-ring (bicyclic) bond motifs is 11. The van der Waals surface area contributed by atoms with Gasteiger partial charge in [-0.15, -0.1) is 0 Å². The number of ether oxygens (including phenoxy) is 2. The second-order valence-corrected chi connectivity index (χ2v) is 25.5. The third-order valence-corrected chi connectivity index (χ3v) is 22.2. The number of pyridine rings is 1. The van der Waals surface area contributed by atoms with E-state index in [0.717, 1.165) is 72.4 Å². The van der Waals surface area contributed by atoms with Crippen molar-refractivity contribution in [1.82, 2.24) is 9.55 Å². The summed E-state index contributed by atoms with van der Waals surface area (Å²) in [6.07, 6.45) is 0. The first kappa shape index (κ1) is 45.7. The van der Waals surface area contributed by atoms with E-state index in [4.69, 9.17) is 14.5 Å². The fourth-order valence-corrected chi connectivity index (χ4v) is 18.7. The van der Waals surface area contributed by atoms with Crippen LogP contribution >= 0.6 is 0 Å². The summed E-state index contributed by atoms with van der Waals surface area (Å²) in [4.78, 5) is 5.68. The second kappa shape index (κ2) is 17.9. The second-order valence-electron chi connectivity index (χ2n) is 21.7. The van der Waals surface area contributed by atoms with E-state index in [2.05, 4.69) is 290 Å². The minimum absolute atomic E-state index is 0.171.